The fourth-order valence-corrected chi connectivity index (χ4v) is 2.40. The van der Waals surface area contributed by atoms with E-state index in [1.807, 2.05) is 0 Å². The molecule has 2 rings (SSSR count). The zero-order valence-electron chi connectivity index (χ0n) is 12.0. The molecule has 0 saturated carbocycles. The largest absolute Gasteiger partial charge is 0.416 e. The van der Waals surface area contributed by atoms with Crippen molar-refractivity contribution in [2.75, 3.05) is 7.11 Å². The average molecular weight is 331 g/mol. The van der Waals surface area contributed by atoms with E-state index in [4.69, 9.17) is 16.3 Å². The molecule has 0 spiro atoms. The lowest BCUT2D eigenvalue weighted by Gasteiger charge is -2.12. The van der Waals surface area contributed by atoms with Crippen molar-refractivity contribution >= 4 is 11.6 Å². The van der Waals surface area contributed by atoms with Gasteiger partial charge in [0.2, 0.25) is 0 Å². The molecule has 0 radical (unpaired) electrons. The Kier molecular flexibility index (Phi) is 5.03. The van der Waals surface area contributed by atoms with Crippen molar-refractivity contribution in [1.29, 1.82) is 0 Å². The average Bonchev–Trinajstić information content (AvgIpc) is 2.46. The van der Waals surface area contributed by atoms with E-state index in [1.165, 1.54) is 13.2 Å². The lowest BCUT2D eigenvalue weighted by atomic mass is 10.1. The van der Waals surface area contributed by atoms with Crippen LogP contribution in [0, 0.1) is 6.92 Å². The van der Waals surface area contributed by atoms with Gasteiger partial charge in [0.15, 0.2) is 5.82 Å². The molecule has 0 aliphatic rings. The van der Waals surface area contributed by atoms with Crippen molar-refractivity contribution in [1.82, 2.24) is 9.97 Å². The SMILES string of the molecule is COCc1nc(-c2cccc(C(F)(F)F)c2)nc(C)c1CCl. The Morgan fingerprint density at radius 2 is 1.95 bits per heavy atom. The number of rotatable bonds is 4. The molecule has 0 aliphatic heterocycles. The number of hydrogen-bond acceptors (Lipinski definition) is 3. The van der Waals surface area contributed by atoms with Crippen molar-refractivity contribution in [3.63, 3.8) is 0 Å². The van der Waals surface area contributed by atoms with E-state index >= 15 is 0 Å². The van der Waals surface area contributed by atoms with Crippen LogP contribution in [0.4, 0.5) is 13.2 Å². The van der Waals surface area contributed by atoms with E-state index in [9.17, 15) is 13.2 Å². The van der Waals surface area contributed by atoms with Crippen LogP contribution in [0.25, 0.3) is 11.4 Å². The Labute approximate surface area is 131 Å². The highest BCUT2D eigenvalue weighted by molar-refractivity contribution is 6.17. The first-order chi connectivity index (χ1) is 10.4. The Morgan fingerprint density at radius 3 is 2.55 bits per heavy atom. The van der Waals surface area contributed by atoms with Gasteiger partial charge in [-0.25, -0.2) is 9.97 Å². The molecule has 0 fully saturated rings. The number of aryl methyl sites for hydroxylation is 1. The standard InChI is InChI=1S/C15H14ClF3N2O/c1-9-12(7-16)13(8-22-2)21-14(20-9)10-4-3-5-11(6-10)15(17,18)19/h3-6H,7-8H2,1-2H3. The number of hydrogen-bond donors (Lipinski definition) is 0. The van der Waals surface area contributed by atoms with E-state index in [0.717, 1.165) is 17.7 Å². The molecule has 0 unspecified atom stereocenters. The molecular weight excluding hydrogens is 317 g/mol. The summed E-state index contributed by atoms with van der Waals surface area (Å²) in [5, 5.41) is 0. The predicted molar refractivity (Wildman–Crippen MR) is 77.5 cm³/mol. The van der Waals surface area contributed by atoms with Gasteiger partial charge < -0.3 is 4.74 Å². The molecule has 0 saturated heterocycles. The summed E-state index contributed by atoms with van der Waals surface area (Å²) in [6, 6.07) is 4.93. The van der Waals surface area contributed by atoms with Crippen LogP contribution in [0.5, 0.6) is 0 Å². The van der Waals surface area contributed by atoms with E-state index in [0.29, 0.717) is 17.0 Å². The third-order valence-electron chi connectivity index (χ3n) is 3.16. The highest BCUT2D eigenvalue weighted by Gasteiger charge is 2.30. The Hall–Kier alpha value is -1.66. The minimum atomic E-state index is -4.41. The number of halogens is 4. The number of ether oxygens (including phenoxy) is 1. The van der Waals surface area contributed by atoms with Crippen LogP contribution in [-0.4, -0.2) is 17.1 Å². The van der Waals surface area contributed by atoms with Crippen LogP contribution < -0.4 is 0 Å². The van der Waals surface area contributed by atoms with Gasteiger partial charge in [0.25, 0.3) is 0 Å². The molecule has 0 amide bonds. The van der Waals surface area contributed by atoms with Gasteiger partial charge in [-0.05, 0) is 19.1 Å². The maximum atomic E-state index is 12.8. The third kappa shape index (κ3) is 3.56. The summed E-state index contributed by atoms with van der Waals surface area (Å²) in [5.41, 5.74) is 1.51. The van der Waals surface area contributed by atoms with Crippen LogP contribution >= 0.6 is 11.6 Å². The molecular formula is C15H14ClF3N2O. The van der Waals surface area contributed by atoms with Crippen LogP contribution in [-0.2, 0) is 23.4 Å². The molecule has 1 aromatic carbocycles. The van der Waals surface area contributed by atoms with Crippen molar-refractivity contribution in [2.45, 2.75) is 25.6 Å². The number of alkyl halides is 4. The topological polar surface area (TPSA) is 35.0 Å². The van der Waals surface area contributed by atoms with Gasteiger partial charge in [-0.15, -0.1) is 11.6 Å². The molecule has 118 valence electrons. The molecule has 0 atom stereocenters. The van der Waals surface area contributed by atoms with Gasteiger partial charge in [-0.3, -0.25) is 0 Å². The molecule has 0 bridgehead atoms. The Morgan fingerprint density at radius 1 is 1.23 bits per heavy atom. The fraction of sp³-hybridized carbons (Fsp3) is 0.333. The second-order valence-electron chi connectivity index (χ2n) is 4.70. The van der Waals surface area contributed by atoms with Gasteiger partial charge in [0, 0.05) is 23.9 Å². The molecule has 0 N–H and O–H groups in total. The zero-order chi connectivity index (χ0) is 16.3. The Bertz CT molecular complexity index is 674. The summed E-state index contributed by atoms with van der Waals surface area (Å²) in [5.74, 6) is 0.442. The van der Waals surface area contributed by atoms with E-state index in [1.54, 1.807) is 13.0 Å². The van der Waals surface area contributed by atoms with Gasteiger partial charge in [-0.2, -0.15) is 13.2 Å². The number of methoxy groups -OCH3 is 1. The van der Waals surface area contributed by atoms with E-state index in [-0.39, 0.29) is 18.3 Å². The smallest absolute Gasteiger partial charge is 0.378 e. The molecule has 22 heavy (non-hydrogen) atoms. The summed E-state index contributed by atoms with van der Waals surface area (Å²) in [6.07, 6.45) is -4.41. The van der Waals surface area contributed by atoms with Crippen LogP contribution in [0.15, 0.2) is 24.3 Å². The van der Waals surface area contributed by atoms with Crippen molar-refractivity contribution < 1.29 is 17.9 Å². The predicted octanol–water partition coefficient (Wildman–Crippen LogP) is 4.36. The first-order valence-corrected chi connectivity index (χ1v) is 6.99. The summed E-state index contributed by atoms with van der Waals surface area (Å²) in [4.78, 5) is 8.56. The number of nitrogens with zero attached hydrogens (tertiary/aromatic N) is 2. The van der Waals surface area contributed by atoms with Crippen molar-refractivity contribution in [2.24, 2.45) is 0 Å². The highest BCUT2D eigenvalue weighted by Crippen LogP contribution is 2.31. The minimum absolute atomic E-state index is 0.216. The quantitative estimate of drug-likeness (QED) is 0.781. The maximum Gasteiger partial charge on any atom is 0.416 e. The summed E-state index contributed by atoms with van der Waals surface area (Å²) < 4.78 is 43.5. The highest BCUT2D eigenvalue weighted by atomic mass is 35.5. The molecule has 1 aromatic heterocycles. The number of benzene rings is 1. The molecule has 0 aliphatic carbocycles. The minimum Gasteiger partial charge on any atom is -0.378 e. The second kappa shape index (κ2) is 6.62. The lowest BCUT2D eigenvalue weighted by molar-refractivity contribution is -0.137. The van der Waals surface area contributed by atoms with E-state index < -0.39 is 11.7 Å². The van der Waals surface area contributed by atoms with Crippen molar-refractivity contribution in [3.05, 3.63) is 46.8 Å². The maximum absolute atomic E-state index is 12.8. The molecule has 3 nitrogen and oxygen atoms in total. The number of aromatic nitrogens is 2. The fourth-order valence-electron chi connectivity index (χ4n) is 2.05. The monoisotopic (exact) mass is 330 g/mol. The van der Waals surface area contributed by atoms with Gasteiger partial charge in [0.05, 0.1) is 23.7 Å². The second-order valence-corrected chi connectivity index (χ2v) is 4.97. The molecule has 7 heteroatoms. The van der Waals surface area contributed by atoms with Crippen LogP contribution in [0.2, 0.25) is 0 Å². The van der Waals surface area contributed by atoms with Gasteiger partial charge >= 0.3 is 6.18 Å². The first-order valence-electron chi connectivity index (χ1n) is 6.45. The molecule has 2 aromatic rings. The van der Waals surface area contributed by atoms with Crippen molar-refractivity contribution in [3.8, 4) is 11.4 Å². The van der Waals surface area contributed by atoms with E-state index in [2.05, 4.69) is 9.97 Å². The van der Waals surface area contributed by atoms with Gasteiger partial charge in [-0.1, -0.05) is 12.1 Å². The molecule has 1 heterocycles. The van der Waals surface area contributed by atoms with Gasteiger partial charge in [0.1, 0.15) is 0 Å². The van der Waals surface area contributed by atoms with Crippen LogP contribution in [0.3, 0.4) is 0 Å². The lowest BCUT2D eigenvalue weighted by Crippen LogP contribution is -2.07. The zero-order valence-corrected chi connectivity index (χ0v) is 12.8. The third-order valence-corrected chi connectivity index (χ3v) is 3.43. The first kappa shape index (κ1) is 16.7. The Balaban J connectivity index is 2.53. The summed E-state index contributed by atoms with van der Waals surface area (Å²) in [6.45, 7) is 1.97. The van der Waals surface area contributed by atoms with Crippen LogP contribution in [0.1, 0.15) is 22.5 Å². The normalized spacial score (nSPS) is 11.7. The summed E-state index contributed by atoms with van der Waals surface area (Å²) in [7, 11) is 1.51. The summed E-state index contributed by atoms with van der Waals surface area (Å²) >= 11 is 5.87.